The number of hydrogen-bond acceptors (Lipinski definition) is 3. The maximum Gasteiger partial charge on any atom is 0.191 e. The van der Waals surface area contributed by atoms with Gasteiger partial charge in [-0.25, -0.2) is 0 Å². The van der Waals surface area contributed by atoms with Crippen LogP contribution in [0.4, 0.5) is 0 Å². The van der Waals surface area contributed by atoms with Crippen molar-refractivity contribution in [2.24, 2.45) is 4.99 Å². The summed E-state index contributed by atoms with van der Waals surface area (Å²) < 4.78 is 5.04. The Morgan fingerprint density at radius 1 is 1.30 bits per heavy atom. The topological polar surface area (TPSA) is 48.9 Å². The lowest BCUT2D eigenvalue weighted by molar-refractivity contribution is 0.190. The van der Waals surface area contributed by atoms with E-state index < -0.39 is 0 Å². The number of aliphatic imine (C=N–C) groups is 1. The molecule has 1 aromatic rings. The number of halogens is 1. The molecular formula is C17H29IN4O. The normalized spacial score (nSPS) is 16.2. The number of guanidine groups is 1. The van der Waals surface area contributed by atoms with E-state index in [1.807, 2.05) is 0 Å². The summed E-state index contributed by atoms with van der Waals surface area (Å²) >= 11 is 0. The predicted octanol–water partition coefficient (Wildman–Crippen LogP) is 1.86. The van der Waals surface area contributed by atoms with Crippen LogP contribution in [0.3, 0.4) is 0 Å². The van der Waals surface area contributed by atoms with Crippen LogP contribution in [-0.4, -0.2) is 57.3 Å². The van der Waals surface area contributed by atoms with E-state index in [9.17, 15) is 0 Å². The Kier molecular flexibility index (Phi) is 9.50. The zero-order valence-electron chi connectivity index (χ0n) is 14.3. The summed E-state index contributed by atoms with van der Waals surface area (Å²) in [7, 11) is 3.50. The molecule has 0 aliphatic carbocycles. The molecule has 1 aromatic carbocycles. The summed E-state index contributed by atoms with van der Waals surface area (Å²) in [6.07, 6.45) is 1.14. The first-order chi connectivity index (χ1) is 10.7. The summed E-state index contributed by atoms with van der Waals surface area (Å²) in [5.41, 5.74) is 2.96. The van der Waals surface area contributed by atoms with Crippen molar-refractivity contribution in [3.8, 4) is 0 Å². The second kappa shape index (κ2) is 10.8. The van der Waals surface area contributed by atoms with E-state index in [0.717, 1.165) is 38.6 Å². The first kappa shape index (κ1) is 20.2. The molecule has 0 saturated heterocycles. The minimum Gasteiger partial charge on any atom is -0.383 e. The number of methoxy groups -OCH3 is 1. The van der Waals surface area contributed by atoms with E-state index in [2.05, 4.69) is 51.7 Å². The van der Waals surface area contributed by atoms with Crippen LogP contribution in [0.2, 0.25) is 0 Å². The van der Waals surface area contributed by atoms with Crippen LogP contribution in [0.5, 0.6) is 0 Å². The van der Waals surface area contributed by atoms with Crippen molar-refractivity contribution in [1.82, 2.24) is 15.5 Å². The number of benzene rings is 1. The van der Waals surface area contributed by atoms with Gasteiger partial charge in [-0.15, -0.1) is 24.0 Å². The van der Waals surface area contributed by atoms with Crippen molar-refractivity contribution >= 4 is 29.9 Å². The summed E-state index contributed by atoms with van der Waals surface area (Å²) in [4.78, 5) is 6.76. The molecule has 0 bridgehead atoms. The molecule has 0 radical (unpaired) electrons. The molecule has 2 N–H and O–H groups in total. The van der Waals surface area contributed by atoms with Gasteiger partial charge in [0.05, 0.1) is 6.61 Å². The minimum atomic E-state index is 0. The van der Waals surface area contributed by atoms with E-state index in [0.29, 0.717) is 12.6 Å². The van der Waals surface area contributed by atoms with Crippen LogP contribution < -0.4 is 10.6 Å². The van der Waals surface area contributed by atoms with Crippen molar-refractivity contribution < 1.29 is 4.74 Å². The lowest BCUT2D eigenvalue weighted by Crippen LogP contribution is -2.47. The van der Waals surface area contributed by atoms with Crippen molar-refractivity contribution in [2.75, 3.05) is 40.4 Å². The first-order valence-corrected chi connectivity index (χ1v) is 7.99. The van der Waals surface area contributed by atoms with Crippen LogP contribution in [0.25, 0.3) is 0 Å². The first-order valence-electron chi connectivity index (χ1n) is 7.99. The molecule has 5 nitrogen and oxygen atoms in total. The number of rotatable bonds is 6. The van der Waals surface area contributed by atoms with Gasteiger partial charge in [0.1, 0.15) is 0 Å². The molecular weight excluding hydrogens is 403 g/mol. The molecule has 1 aliphatic heterocycles. The third kappa shape index (κ3) is 6.27. The van der Waals surface area contributed by atoms with Crippen LogP contribution in [0, 0.1) is 0 Å². The third-order valence-electron chi connectivity index (χ3n) is 4.17. The molecule has 0 spiro atoms. The molecule has 1 heterocycles. The van der Waals surface area contributed by atoms with Gasteiger partial charge in [-0.05, 0) is 24.5 Å². The largest absolute Gasteiger partial charge is 0.383 e. The highest BCUT2D eigenvalue weighted by molar-refractivity contribution is 14.0. The van der Waals surface area contributed by atoms with E-state index in [1.165, 1.54) is 11.1 Å². The lowest BCUT2D eigenvalue weighted by Gasteiger charge is -2.34. The third-order valence-corrected chi connectivity index (χ3v) is 4.17. The molecule has 0 aromatic heterocycles. The molecule has 0 saturated carbocycles. The molecule has 0 amide bonds. The maximum absolute atomic E-state index is 5.04. The molecule has 0 fully saturated rings. The highest BCUT2D eigenvalue weighted by Crippen LogP contribution is 2.19. The predicted molar refractivity (Wildman–Crippen MR) is 107 cm³/mol. The fourth-order valence-electron chi connectivity index (χ4n) is 2.76. The van der Waals surface area contributed by atoms with E-state index >= 15 is 0 Å². The van der Waals surface area contributed by atoms with Crippen molar-refractivity contribution in [1.29, 1.82) is 0 Å². The molecule has 23 heavy (non-hydrogen) atoms. The second-order valence-corrected chi connectivity index (χ2v) is 5.71. The number of nitrogens with zero attached hydrogens (tertiary/aromatic N) is 2. The van der Waals surface area contributed by atoms with Crippen molar-refractivity contribution in [3.63, 3.8) is 0 Å². The second-order valence-electron chi connectivity index (χ2n) is 5.71. The fourth-order valence-corrected chi connectivity index (χ4v) is 2.76. The number of ether oxygens (including phenoxy) is 1. The van der Waals surface area contributed by atoms with Gasteiger partial charge in [-0.1, -0.05) is 24.3 Å². The summed E-state index contributed by atoms with van der Waals surface area (Å²) in [5.74, 6) is 0.835. The average molecular weight is 432 g/mol. The molecule has 130 valence electrons. The van der Waals surface area contributed by atoms with Crippen LogP contribution in [-0.2, 0) is 17.7 Å². The molecule has 1 unspecified atom stereocenters. The number of hydrogen-bond donors (Lipinski definition) is 2. The Morgan fingerprint density at radius 3 is 2.74 bits per heavy atom. The van der Waals surface area contributed by atoms with Crippen molar-refractivity contribution in [2.45, 2.75) is 25.9 Å². The van der Waals surface area contributed by atoms with E-state index in [1.54, 1.807) is 14.2 Å². The monoisotopic (exact) mass is 432 g/mol. The van der Waals surface area contributed by atoms with Crippen LogP contribution >= 0.6 is 24.0 Å². The van der Waals surface area contributed by atoms with Gasteiger partial charge in [0.25, 0.3) is 0 Å². The highest BCUT2D eigenvalue weighted by Gasteiger charge is 2.20. The Morgan fingerprint density at radius 2 is 2.04 bits per heavy atom. The van der Waals surface area contributed by atoms with Gasteiger partial charge in [-0.3, -0.25) is 9.89 Å². The Balaban J connectivity index is 0.00000264. The zero-order valence-corrected chi connectivity index (χ0v) is 16.7. The fraction of sp³-hybridized carbons (Fsp3) is 0.588. The van der Waals surface area contributed by atoms with Gasteiger partial charge >= 0.3 is 0 Å². The average Bonchev–Trinajstić information content (AvgIpc) is 2.57. The van der Waals surface area contributed by atoms with Gasteiger partial charge in [-0.2, -0.15) is 0 Å². The van der Waals surface area contributed by atoms with E-state index in [4.69, 9.17) is 4.74 Å². The summed E-state index contributed by atoms with van der Waals surface area (Å²) in [6, 6.07) is 9.22. The van der Waals surface area contributed by atoms with Gasteiger partial charge in [0.2, 0.25) is 0 Å². The Hall–Kier alpha value is -0.860. The highest BCUT2D eigenvalue weighted by atomic mass is 127. The SMILES string of the molecule is CN=C(NCCOC)NCC(C)N1CCc2ccccc2C1.I. The van der Waals surface area contributed by atoms with Crippen LogP contribution in [0.1, 0.15) is 18.1 Å². The van der Waals surface area contributed by atoms with E-state index in [-0.39, 0.29) is 24.0 Å². The smallest absolute Gasteiger partial charge is 0.191 e. The number of fused-ring (bicyclic) bond motifs is 1. The standard InChI is InChI=1S/C17H28N4O.HI/c1-14(12-20-17(18-2)19-9-11-22-3)21-10-8-15-6-4-5-7-16(15)13-21;/h4-7,14H,8-13H2,1-3H3,(H2,18,19,20);1H. The molecule has 1 atom stereocenters. The van der Waals surface area contributed by atoms with Gasteiger partial charge in [0, 0.05) is 46.4 Å². The Labute approximate surface area is 156 Å². The summed E-state index contributed by atoms with van der Waals surface area (Å²) in [5, 5.41) is 6.63. The maximum atomic E-state index is 5.04. The van der Waals surface area contributed by atoms with Crippen LogP contribution in [0.15, 0.2) is 29.3 Å². The quantitative estimate of drug-likeness (QED) is 0.312. The van der Waals surface area contributed by atoms with Gasteiger partial charge in [0.15, 0.2) is 5.96 Å². The van der Waals surface area contributed by atoms with Gasteiger partial charge < -0.3 is 15.4 Å². The van der Waals surface area contributed by atoms with Crippen molar-refractivity contribution in [3.05, 3.63) is 35.4 Å². The molecule has 2 rings (SSSR count). The minimum absolute atomic E-state index is 0. The lowest BCUT2D eigenvalue weighted by atomic mass is 9.99. The number of nitrogens with one attached hydrogen (secondary N) is 2. The zero-order chi connectivity index (χ0) is 15.8. The summed E-state index contributed by atoms with van der Waals surface area (Å²) in [6.45, 7) is 6.75. The molecule has 6 heteroatoms. The molecule has 1 aliphatic rings. The Bertz CT molecular complexity index is 495.